The number of hydrogen-bond acceptors (Lipinski definition) is 3. The minimum Gasteiger partial charge on any atom is -0.365 e. The van der Waals surface area contributed by atoms with Crippen LogP contribution in [0.4, 0.5) is 5.82 Å². The van der Waals surface area contributed by atoms with Crippen molar-refractivity contribution >= 4 is 16.6 Å². The van der Waals surface area contributed by atoms with E-state index < -0.39 is 0 Å². The number of aromatic nitrogens is 2. The highest BCUT2D eigenvalue weighted by Crippen LogP contribution is 2.39. The third-order valence-electron chi connectivity index (χ3n) is 4.44. The van der Waals surface area contributed by atoms with Crippen molar-refractivity contribution in [3.8, 4) is 0 Å². The minimum absolute atomic E-state index is 0.341. The summed E-state index contributed by atoms with van der Waals surface area (Å²) in [6.45, 7) is 6.68. The zero-order valence-corrected chi connectivity index (χ0v) is 11.9. The zero-order chi connectivity index (χ0) is 13.5. The Balaban J connectivity index is 2.00. The summed E-state index contributed by atoms with van der Waals surface area (Å²) in [5, 5.41) is 14.7. The highest BCUT2D eigenvalue weighted by molar-refractivity contribution is 5.92. The van der Waals surface area contributed by atoms with Crippen LogP contribution in [0.5, 0.6) is 0 Å². The molecule has 0 aliphatic heterocycles. The molecule has 1 atom stereocenters. The van der Waals surface area contributed by atoms with Gasteiger partial charge in [0.1, 0.15) is 0 Å². The maximum atomic E-state index is 4.37. The van der Waals surface area contributed by atoms with E-state index in [4.69, 9.17) is 0 Å². The summed E-state index contributed by atoms with van der Waals surface area (Å²) in [7, 11) is 0. The quantitative estimate of drug-likeness (QED) is 0.883. The van der Waals surface area contributed by atoms with E-state index in [2.05, 4.69) is 53.6 Å². The second-order valence-electron chi connectivity index (χ2n) is 6.26. The molecule has 1 heterocycles. The lowest BCUT2D eigenvalue weighted by atomic mass is 9.87. The van der Waals surface area contributed by atoms with Crippen LogP contribution in [-0.2, 0) is 0 Å². The Kier molecular flexibility index (Phi) is 2.92. The van der Waals surface area contributed by atoms with E-state index in [-0.39, 0.29) is 0 Å². The smallest absolute Gasteiger partial charge is 0.156 e. The molecule has 0 saturated heterocycles. The lowest BCUT2D eigenvalue weighted by Crippen LogP contribution is -2.31. The molecule has 19 heavy (non-hydrogen) atoms. The maximum absolute atomic E-state index is 4.37. The van der Waals surface area contributed by atoms with Crippen LogP contribution in [0.15, 0.2) is 24.3 Å². The van der Waals surface area contributed by atoms with Crippen LogP contribution in [0.2, 0.25) is 0 Å². The zero-order valence-electron chi connectivity index (χ0n) is 11.9. The van der Waals surface area contributed by atoms with Gasteiger partial charge in [-0.05, 0) is 25.2 Å². The highest BCUT2D eigenvalue weighted by Gasteiger charge is 2.34. The normalized spacial score (nSPS) is 21.7. The Bertz CT molecular complexity index is 604. The van der Waals surface area contributed by atoms with Gasteiger partial charge in [-0.2, -0.15) is 5.10 Å². The minimum atomic E-state index is 0.341. The van der Waals surface area contributed by atoms with Gasteiger partial charge >= 0.3 is 0 Å². The molecule has 1 fully saturated rings. The molecular formula is C16H21N3. The van der Waals surface area contributed by atoms with Gasteiger partial charge in [-0.1, -0.05) is 44.5 Å². The van der Waals surface area contributed by atoms with Gasteiger partial charge in [0.25, 0.3) is 0 Å². The van der Waals surface area contributed by atoms with Crippen LogP contribution in [0.1, 0.15) is 38.8 Å². The standard InChI is InChI=1S/C16H21N3/c1-11-12-7-4-5-8-13(12)15(19-18-11)17-14-9-6-10-16(14,2)3/h4-5,7-8,14H,6,9-10H2,1-3H3,(H,17,19). The first-order valence-electron chi connectivity index (χ1n) is 7.06. The summed E-state index contributed by atoms with van der Waals surface area (Å²) in [6.07, 6.45) is 3.79. The summed E-state index contributed by atoms with van der Waals surface area (Å²) in [5.41, 5.74) is 1.33. The Hall–Kier alpha value is -1.64. The Morgan fingerprint density at radius 1 is 1.16 bits per heavy atom. The number of rotatable bonds is 2. The van der Waals surface area contributed by atoms with Gasteiger partial charge in [-0.3, -0.25) is 0 Å². The Labute approximate surface area is 114 Å². The number of nitrogens with one attached hydrogen (secondary N) is 1. The van der Waals surface area contributed by atoms with Crippen molar-refractivity contribution in [2.24, 2.45) is 5.41 Å². The average Bonchev–Trinajstić information content (AvgIpc) is 2.72. The van der Waals surface area contributed by atoms with Gasteiger partial charge < -0.3 is 5.32 Å². The van der Waals surface area contributed by atoms with E-state index >= 15 is 0 Å². The number of hydrogen-bond donors (Lipinski definition) is 1. The molecule has 3 rings (SSSR count). The molecule has 1 aromatic carbocycles. The van der Waals surface area contributed by atoms with E-state index in [1.54, 1.807) is 0 Å². The van der Waals surface area contributed by atoms with E-state index in [1.165, 1.54) is 30.0 Å². The molecule has 3 heteroatoms. The van der Waals surface area contributed by atoms with Crippen molar-refractivity contribution in [2.75, 3.05) is 5.32 Å². The van der Waals surface area contributed by atoms with Gasteiger partial charge in [0, 0.05) is 16.8 Å². The summed E-state index contributed by atoms with van der Waals surface area (Å²) >= 11 is 0. The molecule has 1 aromatic heterocycles. The molecule has 1 saturated carbocycles. The first-order chi connectivity index (χ1) is 9.08. The molecule has 2 aromatic rings. The first-order valence-corrected chi connectivity index (χ1v) is 7.06. The number of benzene rings is 1. The fourth-order valence-electron chi connectivity index (χ4n) is 3.10. The third-order valence-corrected chi connectivity index (χ3v) is 4.44. The second-order valence-corrected chi connectivity index (χ2v) is 6.26. The molecule has 1 N–H and O–H groups in total. The van der Waals surface area contributed by atoms with Gasteiger partial charge in [-0.25, -0.2) is 0 Å². The summed E-state index contributed by atoms with van der Waals surface area (Å²) < 4.78 is 0. The van der Waals surface area contributed by atoms with Gasteiger partial charge in [0.15, 0.2) is 5.82 Å². The van der Waals surface area contributed by atoms with Crippen LogP contribution in [0.25, 0.3) is 10.8 Å². The largest absolute Gasteiger partial charge is 0.365 e. The molecule has 3 nitrogen and oxygen atoms in total. The molecule has 0 spiro atoms. The highest BCUT2D eigenvalue weighted by atomic mass is 15.2. The van der Waals surface area contributed by atoms with Crippen LogP contribution >= 0.6 is 0 Å². The Morgan fingerprint density at radius 3 is 2.58 bits per heavy atom. The predicted molar refractivity (Wildman–Crippen MR) is 79.3 cm³/mol. The van der Waals surface area contributed by atoms with E-state index in [1.807, 2.05) is 6.92 Å². The van der Waals surface area contributed by atoms with Crippen molar-refractivity contribution in [3.63, 3.8) is 0 Å². The maximum Gasteiger partial charge on any atom is 0.156 e. The lowest BCUT2D eigenvalue weighted by Gasteiger charge is -2.28. The number of anilines is 1. The Morgan fingerprint density at radius 2 is 1.89 bits per heavy atom. The summed E-state index contributed by atoms with van der Waals surface area (Å²) in [4.78, 5) is 0. The van der Waals surface area contributed by atoms with E-state index in [0.29, 0.717) is 11.5 Å². The van der Waals surface area contributed by atoms with Crippen LogP contribution in [0, 0.1) is 12.3 Å². The number of aryl methyl sites for hydroxylation is 1. The summed E-state index contributed by atoms with van der Waals surface area (Å²) in [5.74, 6) is 0.932. The third kappa shape index (κ3) is 2.18. The van der Waals surface area contributed by atoms with Gasteiger partial charge in [0.2, 0.25) is 0 Å². The summed E-state index contributed by atoms with van der Waals surface area (Å²) in [6, 6.07) is 8.85. The van der Waals surface area contributed by atoms with Crippen molar-refractivity contribution in [1.82, 2.24) is 10.2 Å². The van der Waals surface area contributed by atoms with Crippen molar-refractivity contribution < 1.29 is 0 Å². The van der Waals surface area contributed by atoms with Crippen LogP contribution in [-0.4, -0.2) is 16.2 Å². The van der Waals surface area contributed by atoms with Crippen molar-refractivity contribution in [2.45, 2.75) is 46.1 Å². The molecule has 1 aliphatic carbocycles. The van der Waals surface area contributed by atoms with Crippen molar-refractivity contribution in [1.29, 1.82) is 0 Å². The predicted octanol–water partition coefficient (Wildman–Crippen LogP) is 3.93. The molecule has 1 aliphatic rings. The molecular weight excluding hydrogens is 234 g/mol. The molecule has 0 bridgehead atoms. The number of nitrogens with zero attached hydrogens (tertiary/aromatic N) is 2. The van der Waals surface area contributed by atoms with Crippen LogP contribution in [0.3, 0.4) is 0 Å². The molecule has 0 amide bonds. The molecule has 1 unspecified atom stereocenters. The number of fused-ring (bicyclic) bond motifs is 1. The van der Waals surface area contributed by atoms with Crippen molar-refractivity contribution in [3.05, 3.63) is 30.0 Å². The first kappa shape index (κ1) is 12.4. The fraction of sp³-hybridized carbons (Fsp3) is 0.500. The monoisotopic (exact) mass is 255 g/mol. The van der Waals surface area contributed by atoms with Gasteiger partial charge in [0.05, 0.1) is 5.69 Å². The topological polar surface area (TPSA) is 37.8 Å². The van der Waals surface area contributed by atoms with E-state index in [0.717, 1.165) is 11.5 Å². The molecule has 0 radical (unpaired) electrons. The second kappa shape index (κ2) is 4.48. The average molecular weight is 255 g/mol. The van der Waals surface area contributed by atoms with E-state index in [9.17, 15) is 0 Å². The van der Waals surface area contributed by atoms with Crippen LogP contribution < -0.4 is 5.32 Å². The fourth-order valence-corrected chi connectivity index (χ4v) is 3.10. The lowest BCUT2D eigenvalue weighted by molar-refractivity contribution is 0.349. The SMILES string of the molecule is Cc1nnc(NC2CCCC2(C)C)c2ccccc12. The van der Waals surface area contributed by atoms with Gasteiger partial charge in [-0.15, -0.1) is 5.10 Å². The molecule has 100 valence electrons.